The minimum atomic E-state index is -2.92. The third-order valence-electron chi connectivity index (χ3n) is 8.84. The van der Waals surface area contributed by atoms with Crippen molar-refractivity contribution < 1.29 is 22.8 Å². The van der Waals surface area contributed by atoms with Crippen LogP contribution in [0.1, 0.15) is 72.2 Å². The van der Waals surface area contributed by atoms with Crippen LogP contribution in [0.2, 0.25) is 0 Å². The second-order valence-electron chi connectivity index (χ2n) is 11.8. The first kappa shape index (κ1) is 28.9. The number of benzene rings is 1. The van der Waals surface area contributed by atoms with Gasteiger partial charge in [-0.25, -0.2) is 18.2 Å². The highest BCUT2D eigenvalue weighted by atomic mass is 19.3. The summed E-state index contributed by atoms with van der Waals surface area (Å²) in [5, 5.41) is 7.41. The zero-order valence-electron chi connectivity index (χ0n) is 24.4. The number of hydrogen-bond donors (Lipinski definition) is 1. The number of carbonyl (C=O) groups is 2. The topological polar surface area (TPSA) is 97.9 Å². The Morgan fingerprint density at radius 1 is 1.07 bits per heavy atom. The summed E-state index contributed by atoms with van der Waals surface area (Å²) < 4.78 is 46.7. The van der Waals surface area contributed by atoms with Crippen molar-refractivity contribution in [3.63, 3.8) is 0 Å². The maximum atomic E-state index is 16.3. The molecule has 1 aliphatic heterocycles. The summed E-state index contributed by atoms with van der Waals surface area (Å²) in [6, 6.07) is 5.89. The molecule has 12 heteroatoms. The van der Waals surface area contributed by atoms with Gasteiger partial charge in [-0.15, -0.1) is 0 Å². The van der Waals surface area contributed by atoms with E-state index < -0.39 is 36.8 Å². The minimum absolute atomic E-state index is 0.0916. The van der Waals surface area contributed by atoms with Gasteiger partial charge in [0.1, 0.15) is 17.0 Å². The van der Waals surface area contributed by atoms with E-state index in [1.165, 1.54) is 18.5 Å². The largest absolute Gasteiger partial charge is 0.340 e. The molecule has 43 heavy (non-hydrogen) atoms. The van der Waals surface area contributed by atoms with Crippen molar-refractivity contribution in [3.8, 4) is 11.1 Å². The van der Waals surface area contributed by atoms with Crippen molar-refractivity contribution >= 4 is 22.8 Å². The molecule has 3 aromatic heterocycles. The Balaban J connectivity index is 1.39. The fourth-order valence-corrected chi connectivity index (χ4v) is 6.36. The van der Waals surface area contributed by atoms with E-state index in [0.29, 0.717) is 29.5 Å². The molecule has 4 heterocycles. The Kier molecular flexibility index (Phi) is 7.47. The summed E-state index contributed by atoms with van der Waals surface area (Å²) in [4.78, 5) is 36.4. The van der Waals surface area contributed by atoms with Crippen LogP contribution in [0.4, 0.5) is 13.2 Å². The lowest BCUT2D eigenvalue weighted by molar-refractivity contribution is -0.113. The number of carbonyl (C=O) groups excluding carboxylic acids is 2. The van der Waals surface area contributed by atoms with Crippen molar-refractivity contribution in [2.75, 3.05) is 13.1 Å². The molecule has 9 nitrogen and oxygen atoms in total. The fraction of sp³-hybridized carbons (Fsp3) is 0.452. The summed E-state index contributed by atoms with van der Waals surface area (Å²) in [5.74, 6) is -3.22. The Morgan fingerprint density at radius 3 is 2.51 bits per heavy atom. The molecule has 226 valence electrons. The Hall–Kier alpha value is -4.22. The third-order valence-corrected chi connectivity index (χ3v) is 8.84. The average Bonchev–Trinajstić information content (AvgIpc) is 3.60. The van der Waals surface area contributed by atoms with Gasteiger partial charge in [0.25, 0.3) is 17.7 Å². The number of likely N-dealkylation sites (tertiary alicyclic amines) is 1. The number of amides is 2. The van der Waals surface area contributed by atoms with E-state index >= 15 is 4.39 Å². The number of rotatable bonds is 7. The lowest BCUT2D eigenvalue weighted by Crippen LogP contribution is -2.58. The normalized spacial score (nSPS) is 20.6. The van der Waals surface area contributed by atoms with Gasteiger partial charge in [0.15, 0.2) is 5.82 Å². The first-order chi connectivity index (χ1) is 20.6. The molecule has 0 spiro atoms. The predicted octanol–water partition coefficient (Wildman–Crippen LogP) is 5.38. The SMILES string of the molecule is CCn1nccc1C(=O)N[C@H](c1nc2c(F)c(-c3cnccc3C(=O)N3CC(F)(F)C3)ccc2n1C)[C@H]1CC[C@H](C)CC1. The van der Waals surface area contributed by atoms with Gasteiger partial charge in [0.05, 0.1) is 30.2 Å². The Morgan fingerprint density at radius 2 is 1.81 bits per heavy atom. The molecule has 1 aromatic carbocycles. The van der Waals surface area contributed by atoms with E-state index in [4.69, 9.17) is 4.98 Å². The van der Waals surface area contributed by atoms with Crippen LogP contribution in [-0.4, -0.2) is 60.0 Å². The van der Waals surface area contributed by atoms with Gasteiger partial charge < -0.3 is 14.8 Å². The van der Waals surface area contributed by atoms with Crippen LogP contribution in [-0.2, 0) is 13.6 Å². The van der Waals surface area contributed by atoms with Crippen molar-refractivity contribution in [2.24, 2.45) is 18.9 Å². The maximum absolute atomic E-state index is 16.3. The van der Waals surface area contributed by atoms with E-state index in [-0.39, 0.29) is 34.0 Å². The van der Waals surface area contributed by atoms with Gasteiger partial charge in [-0.3, -0.25) is 19.3 Å². The number of nitrogens with one attached hydrogen (secondary N) is 1. The van der Waals surface area contributed by atoms with E-state index in [1.54, 1.807) is 40.7 Å². The number of pyridine rings is 1. The minimum Gasteiger partial charge on any atom is -0.340 e. The summed E-state index contributed by atoms with van der Waals surface area (Å²) in [7, 11) is 1.80. The number of halogens is 3. The van der Waals surface area contributed by atoms with Crippen molar-refractivity contribution in [1.82, 2.24) is 34.5 Å². The van der Waals surface area contributed by atoms with Crippen molar-refractivity contribution in [2.45, 2.75) is 58.0 Å². The molecule has 2 amide bonds. The molecule has 0 unspecified atom stereocenters. The number of imidazole rings is 1. The monoisotopic (exact) mass is 593 g/mol. The maximum Gasteiger partial charge on any atom is 0.282 e. The number of hydrogen-bond acceptors (Lipinski definition) is 5. The second kappa shape index (κ2) is 11.1. The van der Waals surface area contributed by atoms with Gasteiger partial charge in [0, 0.05) is 43.3 Å². The van der Waals surface area contributed by atoms with Crippen LogP contribution < -0.4 is 5.32 Å². The summed E-state index contributed by atoms with van der Waals surface area (Å²) >= 11 is 0. The summed E-state index contributed by atoms with van der Waals surface area (Å²) in [6.07, 6.45) is 8.17. The molecule has 2 fully saturated rings. The van der Waals surface area contributed by atoms with Crippen molar-refractivity contribution in [3.05, 3.63) is 65.8 Å². The average molecular weight is 594 g/mol. The van der Waals surface area contributed by atoms with Crippen LogP contribution >= 0.6 is 0 Å². The van der Waals surface area contributed by atoms with Gasteiger partial charge in [-0.1, -0.05) is 19.8 Å². The third kappa shape index (κ3) is 5.27. The van der Waals surface area contributed by atoms with E-state index in [9.17, 15) is 18.4 Å². The van der Waals surface area contributed by atoms with Gasteiger partial charge in [-0.05, 0) is 55.9 Å². The summed E-state index contributed by atoms with van der Waals surface area (Å²) in [5.41, 5.74) is 1.45. The predicted molar refractivity (Wildman–Crippen MR) is 154 cm³/mol. The molecule has 6 rings (SSSR count). The zero-order valence-corrected chi connectivity index (χ0v) is 24.4. The number of nitrogens with zero attached hydrogens (tertiary/aromatic N) is 6. The van der Waals surface area contributed by atoms with E-state index in [1.807, 2.05) is 6.92 Å². The van der Waals surface area contributed by atoms with Crippen LogP contribution in [0, 0.1) is 17.7 Å². The van der Waals surface area contributed by atoms with Gasteiger partial charge in [-0.2, -0.15) is 5.10 Å². The first-order valence-corrected chi connectivity index (χ1v) is 14.7. The molecule has 1 saturated heterocycles. The first-order valence-electron chi connectivity index (χ1n) is 14.7. The lowest BCUT2D eigenvalue weighted by Gasteiger charge is -2.38. The van der Waals surface area contributed by atoms with Crippen LogP contribution in [0.5, 0.6) is 0 Å². The van der Waals surface area contributed by atoms with Gasteiger partial charge in [0.2, 0.25) is 0 Å². The number of alkyl halides is 2. The highest BCUT2D eigenvalue weighted by Crippen LogP contribution is 2.39. The number of aromatic nitrogens is 5. The molecule has 0 radical (unpaired) electrons. The Labute approximate surface area is 247 Å². The molecule has 2 aliphatic rings. The molecule has 0 bridgehead atoms. The molecule has 1 aliphatic carbocycles. The second-order valence-corrected chi connectivity index (χ2v) is 11.8. The standard InChI is InChI=1S/C31H34F3N7O2/c1-4-41-24(12-14-36-41)29(42)38-26(19-7-5-18(2)6-8-19)28-37-27-23(39(28)3)10-9-20(25(27)32)22-15-35-13-11-21(22)30(43)40-16-31(33,34)17-40/h9-15,18-19,26H,4-8,16-17H2,1-3H3,(H,38,42)/t18-,19-,26-/m0/s1. The van der Waals surface area contributed by atoms with E-state index in [0.717, 1.165) is 30.6 Å². The van der Waals surface area contributed by atoms with Crippen molar-refractivity contribution in [1.29, 1.82) is 0 Å². The quantitative estimate of drug-likeness (QED) is 0.310. The van der Waals surface area contributed by atoms with Gasteiger partial charge >= 0.3 is 0 Å². The molecular formula is C31H34F3N7O2. The number of fused-ring (bicyclic) bond motifs is 1. The van der Waals surface area contributed by atoms with Crippen LogP contribution in [0.3, 0.4) is 0 Å². The highest BCUT2D eigenvalue weighted by molar-refractivity contribution is 6.02. The molecule has 4 aromatic rings. The fourth-order valence-electron chi connectivity index (χ4n) is 6.36. The van der Waals surface area contributed by atoms with Crippen LogP contribution in [0.15, 0.2) is 42.9 Å². The smallest absolute Gasteiger partial charge is 0.282 e. The lowest BCUT2D eigenvalue weighted by atomic mass is 9.79. The number of aryl methyl sites for hydroxylation is 2. The van der Waals surface area contributed by atoms with E-state index in [2.05, 4.69) is 22.3 Å². The van der Waals surface area contributed by atoms with Crippen LogP contribution in [0.25, 0.3) is 22.2 Å². The molecular weight excluding hydrogens is 559 g/mol. The molecule has 1 saturated carbocycles. The summed E-state index contributed by atoms with van der Waals surface area (Å²) in [6.45, 7) is 3.33. The molecule has 1 atom stereocenters. The molecule has 1 N–H and O–H groups in total. The zero-order chi connectivity index (χ0) is 30.5. The Bertz CT molecular complexity index is 1680. The highest BCUT2D eigenvalue weighted by Gasteiger charge is 2.46.